The topological polar surface area (TPSA) is 38.5 Å². The van der Waals surface area contributed by atoms with Crippen LogP contribution >= 0.6 is 0 Å². The highest BCUT2D eigenvalue weighted by Gasteiger charge is 2.56. The summed E-state index contributed by atoms with van der Waals surface area (Å²) in [6.45, 7) is 9.75. The van der Waals surface area contributed by atoms with E-state index in [1.54, 1.807) is 12.2 Å². The second-order valence-corrected chi connectivity index (χ2v) is 4.63. The fourth-order valence-electron chi connectivity index (χ4n) is 2.49. The molecule has 0 spiro atoms. The molecule has 1 heterocycles. The van der Waals surface area contributed by atoms with Crippen LogP contribution in [0, 0.1) is 5.21 Å². The Hall–Kier alpha value is -0.610. The monoisotopic (exact) mass is 200 g/mol. The molecular formula is C10H20N2O2. The third-order valence-corrected chi connectivity index (χ3v) is 2.97. The maximum atomic E-state index is 12.0. The van der Waals surface area contributed by atoms with Gasteiger partial charge in [0.15, 0.2) is 5.71 Å². The average molecular weight is 200 g/mol. The van der Waals surface area contributed by atoms with Gasteiger partial charge in [-0.05, 0) is 13.8 Å². The van der Waals surface area contributed by atoms with Crippen LogP contribution in [0.15, 0.2) is 0 Å². The SMILES string of the molecule is CCC1=[N+]([O-])C(C)(C)N(OC)C1(C)C. The molecule has 0 bridgehead atoms. The average Bonchev–Trinajstić information content (AvgIpc) is 2.16. The van der Waals surface area contributed by atoms with Gasteiger partial charge in [-0.1, -0.05) is 6.92 Å². The smallest absolute Gasteiger partial charge is 0.245 e. The Kier molecular flexibility index (Phi) is 2.63. The van der Waals surface area contributed by atoms with Gasteiger partial charge >= 0.3 is 0 Å². The van der Waals surface area contributed by atoms with E-state index >= 15 is 0 Å². The van der Waals surface area contributed by atoms with Gasteiger partial charge in [-0.25, -0.2) is 0 Å². The zero-order valence-electron chi connectivity index (χ0n) is 9.92. The molecule has 1 rings (SSSR count). The van der Waals surface area contributed by atoms with E-state index in [1.807, 2.05) is 34.6 Å². The number of hydroxylamine groups is 3. The van der Waals surface area contributed by atoms with Crippen molar-refractivity contribution in [3.8, 4) is 0 Å². The Balaban J connectivity index is 3.23. The number of nitrogens with zero attached hydrogens (tertiary/aromatic N) is 2. The summed E-state index contributed by atoms with van der Waals surface area (Å²) in [6.07, 6.45) is 0.750. The molecule has 4 heteroatoms. The largest absolute Gasteiger partial charge is 0.622 e. The molecule has 0 saturated carbocycles. The molecule has 1 aliphatic rings. The normalized spacial score (nSPS) is 25.9. The van der Waals surface area contributed by atoms with Crippen molar-refractivity contribution in [1.29, 1.82) is 0 Å². The Morgan fingerprint density at radius 2 is 1.86 bits per heavy atom. The first kappa shape index (κ1) is 11.5. The second-order valence-electron chi connectivity index (χ2n) is 4.63. The molecule has 0 aromatic heterocycles. The van der Waals surface area contributed by atoms with Crippen LogP contribution in [0.5, 0.6) is 0 Å². The summed E-state index contributed by atoms with van der Waals surface area (Å²) < 4.78 is 1.07. The lowest BCUT2D eigenvalue weighted by Crippen LogP contribution is -2.52. The maximum Gasteiger partial charge on any atom is 0.245 e. The van der Waals surface area contributed by atoms with Crippen LogP contribution in [0.2, 0.25) is 0 Å². The molecule has 0 aliphatic carbocycles. The minimum atomic E-state index is -0.621. The zero-order valence-corrected chi connectivity index (χ0v) is 9.92. The van der Waals surface area contributed by atoms with E-state index in [9.17, 15) is 5.21 Å². The minimum absolute atomic E-state index is 0.325. The van der Waals surface area contributed by atoms with E-state index in [4.69, 9.17) is 4.84 Å². The zero-order chi connectivity index (χ0) is 11.1. The molecule has 0 fully saturated rings. The standard InChI is InChI=1S/C10H20N2O2/c1-7-8-9(2,3)12(14-6)10(4,5)11(8)13/h7H2,1-6H3. The summed E-state index contributed by atoms with van der Waals surface area (Å²) in [6, 6.07) is 0. The lowest BCUT2D eigenvalue weighted by Gasteiger charge is -2.33. The number of rotatable bonds is 2. The highest BCUT2D eigenvalue weighted by Crippen LogP contribution is 2.34. The molecule has 0 N–H and O–H groups in total. The lowest BCUT2D eigenvalue weighted by atomic mass is 9.97. The van der Waals surface area contributed by atoms with Crippen LogP contribution in [-0.4, -0.2) is 33.8 Å². The van der Waals surface area contributed by atoms with Gasteiger partial charge in [-0.2, -0.15) is 4.74 Å². The molecule has 4 nitrogen and oxygen atoms in total. The molecule has 82 valence electrons. The minimum Gasteiger partial charge on any atom is -0.622 e. The van der Waals surface area contributed by atoms with Crippen molar-refractivity contribution in [1.82, 2.24) is 5.06 Å². The van der Waals surface area contributed by atoms with E-state index in [-0.39, 0.29) is 5.54 Å². The maximum absolute atomic E-state index is 12.0. The van der Waals surface area contributed by atoms with E-state index in [0.29, 0.717) is 0 Å². The molecule has 0 saturated heterocycles. The van der Waals surface area contributed by atoms with Crippen LogP contribution < -0.4 is 0 Å². The fourth-order valence-corrected chi connectivity index (χ4v) is 2.49. The van der Waals surface area contributed by atoms with Gasteiger partial charge in [0.25, 0.3) is 0 Å². The molecular weight excluding hydrogens is 180 g/mol. The molecule has 0 aromatic carbocycles. The van der Waals surface area contributed by atoms with Gasteiger partial charge in [0, 0.05) is 20.3 Å². The fraction of sp³-hybridized carbons (Fsp3) is 0.900. The second kappa shape index (κ2) is 3.21. The first-order valence-electron chi connectivity index (χ1n) is 4.98. The summed E-state index contributed by atoms with van der Waals surface area (Å²) >= 11 is 0. The molecule has 1 aliphatic heterocycles. The summed E-state index contributed by atoms with van der Waals surface area (Å²) in [4.78, 5) is 5.32. The molecule has 0 amide bonds. The Bertz CT molecular complexity index is 269. The van der Waals surface area contributed by atoms with Gasteiger partial charge in [0.2, 0.25) is 5.66 Å². The third kappa shape index (κ3) is 1.25. The molecule has 14 heavy (non-hydrogen) atoms. The van der Waals surface area contributed by atoms with Crippen molar-refractivity contribution >= 4 is 5.71 Å². The van der Waals surface area contributed by atoms with Crippen molar-refractivity contribution < 1.29 is 9.58 Å². The Labute approximate surface area is 85.7 Å². The summed E-state index contributed by atoms with van der Waals surface area (Å²) in [5.74, 6) is 0. The van der Waals surface area contributed by atoms with Crippen LogP contribution in [0.4, 0.5) is 0 Å². The third-order valence-electron chi connectivity index (χ3n) is 2.97. The predicted molar refractivity (Wildman–Crippen MR) is 55.9 cm³/mol. The first-order valence-corrected chi connectivity index (χ1v) is 4.98. The van der Waals surface area contributed by atoms with Gasteiger partial charge in [-0.15, -0.1) is 5.06 Å². The lowest BCUT2D eigenvalue weighted by molar-refractivity contribution is -0.582. The van der Waals surface area contributed by atoms with Crippen LogP contribution in [0.1, 0.15) is 41.0 Å². The first-order chi connectivity index (χ1) is 6.30. The Morgan fingerprint density at radius 1 is 1.36 bits per heavy atom. The highest BCUT2D eigenvalue weighted by molar-refractivity contribution is 5.89. The van der Waals surface area contributed by atoms with E-state index in [0.717, 1.165) is 16.9 Å². The molecule has 0 aromatic rings. The van der Waals surface area contributed by atoms with Gasteiger partial charge in [-0.3, -0.25) is 4.84 Å². The van der Waals surface area contributed by atoms with Crippen molar-refractivity contribution in [2.45, 2.75) is 52.2 Å². The predicted octanol–water partition coefficient (Wildman–Crippen LogP) is 1.74. The summed E-state index contributed by atoms with van der Waals surface area (Å²) in [5.41, 5.74) is -0.0809. The van der Waals surface area contributed by atoms with Crippen LogP contribution in [0.25, 0.3) is 0 Å². The summed E-state index contributed by atoms with van der Waals surface area (Å²) in [7, 11) is 1.61. The quantitative estimate of drug-likeness (QED) is 0.503. The molecule has 0 atom stereocenters. The number of hydrogen-bond acceptors (Lipinski definition) is 3. The van der Waals surface area contributed by atoms with E-state index in [1.165, 1.54) is 0 Å². The van der Waals surface area contributed by atoms with Gasteiger partial charge in [0.1, 0.15) is 5.54 Å². The highest BCUT2D eigenvalue weighted by atomic mass is 16.7. The van der Waals surface area contributed by atoms with E-state index in [2.05, 4.69) is 0 Å². The molecule has 0 unspecified atom stereocenters. The van der Waals surface area contributed by atoms with Crippen LogP contribution in [0.3, 0.4) is 0 Å². The summed E-state index contributed by atoms with van der Waals surface area (Å²) in [5, 5.41) is 13.8. The Morgan fingerprint density at radius 3 is 2.07 bits per heavy atom. The van der Waals surface area contributed by atoms with Gasteiger partial charge in [0.05, 0.1) is 7.11 Å². The van der Waals surface area contributed by atoms with E-state index < -0.39 is 5.66 Å². The van der Waals surface area contributed by atoms with Crippen molar-refractivity contribution in [2.75, 3.05) is 7.11 Å². The van der Waals surface area contributed by atoms with Crippen molar-refractivity contribution in [3.63, 3.8) is 0 Å². The molecule has 0 radical (unpaired) electrons. The number of hydrogen-bond donors (Lipinski definition) is 0. The van der Waals surface area contributed by atoms with Crippen molar-refractivity contribution in [2.24, 2.45) is 0 Å². The van der Waals surface area contributed by atoms with Crippen molar-refractivity contribution in [3.05, 3.63) is 5.21 Å². The van der Waals surface area contributed by atoms with Gasteiger partial charge < -0.3 is 5.21 Å². The van der Waals surface area contributed by atoms with Crippen LogP contribution in [-0.2, 0) is 4.84 Å².